The Balaban J connectivity index is 1.61. The van der Waals surface area contributed by atoms with Crippen molar-refractivity contribution in [3.63, 3.8) is 0 Å². The van der Waals surface area contributed by atoms with Gasteiger partial charge in [0.1, 0.15) is 0 Å². The second-order valence-corrected chi connectivity index (χ2v) is 5.21. The van der Waals surface area contributed by atoms with Gasteiger partial charge in [0.15, 0.2) is 5.96 Å². The van der Waals surface area contributed by atoms with Gasteiger partial charge in [-0.15, -0.1) is 0 Å². The molecule has 1 aromatic rings. The van der Waals surface area contributed by atoms with Crippen molar-refractivity contribution in [2.24, 2.45) is 4.99 Å². The molecule has 3 rings (SSSR count). The molecule has 1 N–H and O–H groups in total. The van der Waals surface area contributed by atoms with Gasteiger partial charge in [-0.25, -0.2) is 0 Å². The van der Waals surface area contributed by atoms with Gasteiger partial charge in [0.05, 0.1) is 6.54 Å². The molecule has 1 heterocycles. The number of halogens is 1. The highest BCUT2D eigenvalue weighted by atomic mass is 35.5. The van der Waals surface area contributed by atoms with Crippen LogP contribution in [0.25, 0.3) is 0 Å². The number of rotatable bonds is 2. The molecule has 0 amide bonds. The minimum Gasteiger partial charge on any atom is -0.353 e. The van der Waals surface area contributed by atoms with Crippen molar-refractivity contribution in [2.45, 2.75) is 18.4 Å². The van der Waals surface area contributed by atoms with Crippen LogP contribution in [-0.4, -0.2) is 37.0 Å². The molecule has 1 aromatic carbocycles. The van der Waals surface area contributed by atoms with E-state index in [1.165, 1.54) is 12.0 Å². The van der Waals surface area contributed by atoms with E-state index in [0.29, 0.717) is 12.0 Å². The lowest BCUT2D eigenvalue weighted by atomic mass is 10.1. The molecule has 0 saturated heterocycles. The highest BCUT2D eigenvalue weighted by molar-refractivity contribution is 6.30. The van der Waals surface area contributed by atoms with Gasteiger partial charge in [-0.2, -0.15) is 0 Å². The lowest BCUT2D eigenvalue weighted by molar-refractivity contribution is 0.532. The normalized spacial score (nSPS) is 26.9. The van der Waals surface area contributed by atoms with Gasteiger partial charge in [0.25, 0.3) is 0 Å². The molecule has 1 aliphatic heterocycles. The topological polar surface area (TPSA) is 27.6 Å². The third kappa shape index (κ3) is 2.25. The van der Waals surface area contributed by atoms with E-state index in [-0.39, 0.29) is 0 Å². The van der Waals surface area contributed by atoms with Crippen LogP contribution >= 0.6 is 11.6 Å². The average molecular weight is 250 g/mol. The molecule has 0 spiro atoms. The van der Waals surface area contributed by atoms with Crippen molar-refractivity contribution >= 4 is 17.6 Å². The van der Waals surface area contributed by atoms with Crippen LogP contribution in [0.3, 0.4) is 0 Å². The highest BCUT2D eigenvalue weighted by Crippen LogP contribution is 2.41. The Labute approximate surface area is 106 Å². The van der Waals surface area contributed by atoms with Gasteiger partial charge in [-0.05, 0) is 24.1 Å². The summed E-state index contributed by atoms with van der Waals surface area (Å²) in [7, 11) is 2.08. The summed E-state index contributed by atoms with van der Waals surface area (Å²) in [6.07, 6.45) is 1.19. The third-order valence-electron chi connectivity index (χ3n) is 3.46. The van der Waals surface area contributed by atoms with Crippen molar-refractivity contribution in [3.8, 4) is 0 Å². The van der Waals surface area contributed by atoms with Crippen LogP contribution in [0.1, 0.15) is 17.9 Å². The van der Waals surface area contributed by atoms with Gasteiger partial charge in [-0.3, -0.25) is 4.99 Å². The number of hydrogen-bond acceptors (Lipinski definition) is 3. The minimum atomic E-state index is 0.537. The summed E-state index contributed by atoms with van der Waals surface area (Å²) in [4.78, 5) is 6.63. The number of likely N-dealkylation sites (N-methyl/N-ethyl adjacent to an activating group) is 1. The molecule has 2 aliphatic rings. The van der Waals surface area contributed by atoms with E-state index >= 15 is 0 Å². The number of guanidine groups is 1. The molecule has 1 fully saturated rings. The Morgan fingerprint density at radius 3 is 2.76 bits per heavy atom. The van der Waals surface area contributed by atoms with Crippen LogP contribution in [0.2, 0.25) is 5.02 Å². The predicted molar refractivity (Wildman–Crippen MR) is 70.7 cm³/mol. The van der Waals surface area contributed by atoms with Crippen molar-refractivity contribution in [1.82, 2.24) is 10.2 Å². The zero-order chi connectivity index (χ0) is 11.8. The molecule has 0 unspecified atom stereocenters. The first-order valence-corrected chi connectivity index (χ1v) is 6.39. The maximum Gasteiger partial charge on any atom is 0.194 e. The molecule has 90 valence electrons. The molecular formula is C13H16ClN3. The van der Waals surface area contributed by atoms with E-state index in [2.05, 4.69) is 34.4 Å². The van der Waals surface area contributed by atoms with Crippen molar-refractivity contribution in [3.05, 3.63) is 34.9 Å². The van der Waals surface area contributed by atoms with Crippen LogP contribution in [0.5, 0.6) is 0 Å². The maximum atomic E-state index is 5.89. The second kappa shape index (κ2) is 4.22. The molecule has 0 bridgehead atoms. The van der Waals surface area contributed by atoms with Crippen LogP contribution in [0.4, 0.5) is 0 Å². The third-order valence-corrected chi connectivity index (χ3v) is 3.71. The molecule has 3 nitrogen and oxygen atoms in total. The largest absolute Gasteiger partial charge is 0.353 e. The van der Waals surface area contributed by atoms with E-state index in [1.807, 2.05) is 12.1 Å². The predicted octanol–water partition coefficient (Wildman–Crippen LogP) is 2.09. The number of hydrogen-bond donors (Lipinski definition) is 1. The van der Waals surface area contributed by atoms with Crippen molar-refractivity contribution < 1.29 is 0 Å². The Morgan fingerprint density at radius 1 is 1.35 bits per heavy atom. The SMILES string of the molecule is CN1CCN=C1N[C@@H]1C[C@H]1c1ccc(Cl)cc1. The van der Waals surface area contributed by atoms with Crippen molar-refractivity contribution in [1.29, 1.82) is 0 Å². The van der Waals surface area contributed by atoms with E-state index in [9.17, 15) is 0 Å². The molecular weight excluding hydrogens is 234 g/mol. The zero-order valence-electron chi connectivity index (χ0n) is 9.86. The van der Waals surface area contributed by atoms with Gasteiger partial charge in [0, 0.05) is 30.6 Å². The highest BCUT2D eigenvalue weighted by Gasteiger charge is 2.39. The van der Waals surface area contributed by atoms with Gasteiger partial charge < -0.3 is 10.2 Å². The molecule has 17 heavy (non-hydrogen) atoms. The summed E-state index contributed by atoms with van der Waals surface area (Å²) in [5, 5.41) is 4.31. The first-order chi connectivity index (χ1) is 8.24. The lowest BCUT2D eigenvalue weighted by Crippen LogP contribution is -2.37. The maximum absolute atomic E-state index is 5.89. The van der Waals surface area contributed by atoms with Crippen LogP contribution in [0.15, 0.2) is 29.3 Å². The lowest BCUT2D eigenvalue weighted by Gasteiger charge is -2.15. The number of aliphatic imine (C=N–C) groups is 1. The smallest absolute Gasteiger partial charge is 0.194 e. The molecule has 1 saturated carbocycles. The number of benzene rings is 1. The Kier molecular flexibility index (Phi) is 2.71. The fraction of sp³-hybridized carbons (Fsp3) is 0.462. The number of nitrogens with zero attached hydrogens (tertiary/aromatic N) is 2. The van der Waals surface area contributed by atoms with Crippen LogP contribution < -0.4 is 5.32 Å². The summed E-state index contributed by atoms with van der Waals surface area (Å²) in [6, 6.07) is 8.70. The van der Waals surface area contributed by atoms with Gasteiger partial charge in [0.2, 0.25) is 0 Å². The average Bonchev–Trinajstić information content (AvgIpc) is 2.97. The summed E-state index contributed by atoms with van der Waals surface area (Å²) in [5.41, 5.74) is 1.37. The molecule has 0 radical (unpaired) electrons. The fourth-order valence-electron chi connectivity index (χ4n) is 2.29. The van der Waals surface area contributed by atoms with E-state index in [1.54, 1.807) is 0 Å². The summed E-state index contributed by atoms with van der Waals surface area (Å²) in [6.45, 7) is 1.94. The molecule has 1 aliphatic carbocycles. The van der Waals surface area contributed by atoms with E-state index in [0.717, 1.165) is 24.1 Å². The Bertz CT molecular complexity index is 440. The summed E-state index contributed by atoms with van der Waals surface area (Å²) < 4.78 is 0. The summed E-state index contributed by atoms with van der Waals surface area (Å²) in [5.74, 6) is 1.66. The van der Waals surface area contributed by atoms with Crippen LogP contribution in [-0.2, 0) is 0 Å². The standard InChI is InChI=1S/C13H16ClN3/c1-17-7-6-15-13(17)16-12-8-11(12)9-2-4-10(14)5-3-9/h2-5,11-12H,6-8H2,1H3,(H,15,16)/t11-,12+/m0/s1. The van der Waals surface area contributed by atoms with Gasteiger partial charge in [-0.1, -0.05) is 23.7 Å². The molecule has 0 aromatic heterocycles. The Hall–Kier alpha value is -1.22. The second-order valence-electron chi connectivity index (χ2n) is 4.77. The molecule has 2 atom stereocenters. The quantitative estimate of drug-likeness (QED) is 0.869. The Morgan fingerprint density at radius 2 is 2.12 bits per heavy atom. The first-order valence-electron chi connectivity index (χ1n) is 6.01. The zero-order valence-corrected chi connectivity index (χ0v) is 10.6. The van der Waals surface area contributed by atoms with E-state index in [4.69, 9.17) is 11.6 Å². The minimum absolute atomic E-state index is 0.537. The van der Waals surface area contributed by atoms with Crippen LogP contribution in [0, 0.1) is 0 Å². The monoisotopic (exact) mass is 249 g/mol. The van der Waals surface area contributed by atoms with Gasteiger partial charge >= 0.3 is 0 Å². The van der Waals surface area contributed by atoms with Crippen molar-refractivity contribution in [2.75, 3.05) is 20.1 Å². The number of nitrogens with one attached hydrogen (secondary N) is 1. The summed E-state index contributed by atoms with van der Waals surface area (Å²) >= 11 is 5.89. The fourth-order valence-corrected chi connectivity index (χ4v) is 2.41. The van der Waals surface area contributed by atoms with E-state index < -0.39 is 0 Å². The first kappa shape index (κ1) is 10.9. The molecule has 4 heteroatoms.